The summed E-state index contributed by atoms with van der Waals surface area (Å²) in [6, 6.07) is 18.3. The number of ether oxygens (including phenoxy) is 1. The highest BCUT2D eigenvalue weighted by Crippen LogP contribution is 2.61. The molecule has 0 radical (unpaired) electrons. The molecule has 3 aromatic carbocycles. The largest absolute Gasteiger partial charge is 0.445 e. The number of carbonyl (C=O) groups excluding carboxylic acids is 6. The predicted octanol–water partition coefficient (Wildman–Crippen LogP) is 4.84. The standard InChI is InChI=1S/C49H60N8O8/c1-48(2,64)41-27-52-55-57(41)37-22-40(45(61)53-38(42(58)43(50)59)14-8-9-17-51-47(63)65-29-30-10-4-3-5-11-30)56(28-37)46(62)39(26-49-23-31-18-32(24-49)20-33(19-31)25-49)54-44(60)36-16-15-34-12-6-7-13-35(34)21-36/h3-7,10-13,15-16,21,27,31-33,37-40,64H,8-9,14,17-20,22-26,28-29H2,1-2H3,(H2,50,59)(H,51,63)(H,53,61)(H,54,60)/t31?,32?,33?,37-,38?,39?,40-,49?/m0/s1. The van der Waals surface area contributed by atoms with E-state index in [1.807, 2.05) is 66.7 Å². The summed E-state index contributed by atoms with van der Waals surface area (Å²) in [5.41, 5.74) is 5.60. The maximum absolute atomic E-state index is 15.4. The molecule has 2 unspecified atom stereocenters. The zero-order valence-corrected chi connectivity index (χ0v) is 37.1. The molecule has 16 nitrogen and oxygen atoms in total. The number of rotatable bonds is 18. The molecule has 5 aliphatic rings. The first-order chi connectivity index (χ1) is 31.1. The smallest absolute Gasteiger partial charge is 0.407 e. The second kappa shape index (κ2) is 19.1. The Labute approximate surface area is 378 Å². The zero-order chi connectivity index (χ0) is 45.9. The van der Waals surface area contributed by atoms with E-state index < -0.39 is 65.3 Å². The summed E-state index contributed by atoms with van der Waals surface area (Å²) in [6.45, 7) is 3.50. The summed E-state index contributed by atoms with van der Waals surface area (Å²) in [7, 11) is 0. The van der Waals surface area contributed by atoms with E-state index >= 15 is 4.79 Å². The second-order valence-electron chi connectivity index (χ2n) is 19.5. The first kappa shape index (κ1) is 45.4. The van der Waals surface area contributed by atoms with Crippen LogP contribution in [0.15, 0.2) is 79.0 Å². The third-order valence-corrected chi connectivity index (χ3v) is 14.1. The van der Waals surface area contributed by atoms with Crippen LogP contribution in [0.2, 0.25) is 0 Å². The lowest BCUT2D eigenvalue weighted by molar-refractivity contribution is -0.143. The average molecular weight is 889 g/mol. The molecule has 4 aromatic rings. The zero-order valence-electron chi connectivity index (χ0n) is 37.1. The van der Waals surface area contributed by atoms with Crippen molar-refractivity contribution in [3.8, 4) is 0 Å². The van der Waals surface area contributed by atoms with E-state index in [1.54, 1.807) is 19.9 Å². The molecule has 1 saturated heterocycles. The van der Waals surface area contributed by atoms with Crippen LogP contribution in [-0.4, -0.2) is 91.7 Å². The Balaban J connectivity index is 1.02. The third kappa shape index (κ3) is 10.5. The molecule has 1 aliphatic heterocycles. The fourth-order valence-electron chi connectivity index (χ4n) is 11.5. The molecule has 4 bridgehead atoms. The van der Waals surface area contributed by atoms with Crippen molar-refractivity contribution in [2.75, 3.05) is 13.1 Å². The number of nitrogens with two attached hydrogens (primary N) is 1. The topological polar surface area (TPSA) is 228 Å². The number of nitrogens with one attached hydrogen (secondary N) is 3. The van der Waals surface area contributed by atoms with Gasteiger partial charge in [0.1, 0.15) is 24.3 Å². The van der Waals surface area contributed by atoms with Crippen LogP contribution in [0.5, 0.6) is 0 Å². The number of unbranched alkanes of at least 4 members (excludes halogenated alkanes) is 1. The maximum Gasteiger partial charge on any atom is 0.407 e. The van der Waals surface area contributed by atoms with Crippen molar-refractivity contribution in [1.82, 2.24) is 35.8 Å². The summed E-state index contributed by atoms with van der Waals surface area (Å²) in [4.78, 5) is 83.5. The van der Waals surface area contributed by atoms with Gasteiger partial charge in [0.25, 0.3) is 11.8 Å². The quantitative estimate of drug-likeness (QED) is 0.0675. The number of amides is 5. The molecule has 2 heterocycles. The molecule has 344 valence electrons. The van der Waals surface area contributed by atoms with Crippen LogP contribution in [0.1, 0.15) is 112 Å². The van der Waals surface area contributed by atoms with Gasteiger partial charge in [-0.1, -0.05) is 65.9 Å². The Morgan fingerprint density at radius 3 is 2.22 bits per heavy atom. The maximum atomic E-state index is 15.4. The first-order valence-corrected chi connectivity index (χ1v) is 23.0. The number of hydrogen-bond donors (Lipinski definition) is 5. The third-order valence-electron chi connectivity index (χ3n) is 14.1. The molecule has 4 aliphatic carbocycles. The molecular formula is C49H60N8O8. The summed E-state index contributed by atoms with van der Waals surface area (Å²) < 4.78 is 6.80. The van der Waals surface area contributed by atoms with E-state index in [9.17, 15) is 29.1 Å². The van der Waals surface area contributed by atoms with Gasteiger partial charge in [0, 0.05) is 25.1 Å². The van der Waals surface area contributed by atoms with Gasteiger partial charge in [-0.2, -0.15) is 0 Å². The molecule has 9 rings (SSSR count). The van der Waals surface area contributed by atoms with Gasteiger partial charge < -0.3 is 36.4 Å². The number of primary amides is 1. The van der Waals surface area contributed by atoms with Crippen molar-refractivity contribution in [3.05, 3.63) is 95.8 Å². The highest BCUT2D eigenvalue weighted by molar-refractivity contribution is 6.37. The number of Topliss-reactive ketones (excluding diaryl/α,β-unsaturated/α-hetero) is 1. The lowest BCUT2D eigenvalue weighted by Gasteiger charge is -2.57. The van der Waals surface area contributed by atoms with Crippen molar-refractivity contribution in [2.45, 2.75) is 121 Å². The lowest BCUT2D eigenvalue weighted by atomic mass is 9.48. The number of nitrogens with zero attached hydrogens (tertiary/aromatic N) is 4. The molecule has 5 fully saturated rings. The predicted molar refractivity (Wildman–Crippen MR) is 239 cm³/mol. The van der Waals surface area contributed by atoms with Crippen LogP contribution in [0.3, 0.4) is 0 Å². The van der Waals surface area contributed by atoms with Gasteiger partial charge in [-0.25, -0.2) is 9.48 Å². The normalized spacial score (nSPS) is 24.3. The fraction of sp³-hybridized carbons (Fsp3) is 0.510. The molecule has 6 N–H and O–H groups in total. The molecule has 4 saturated carbocycles. The van der Waals surface area contributed by atoms with Crippen LogP contribution in [0.4, 0.5) is 4.79 Å². The van der Waals surface area contributed by atoms with Gasteiger partial charge >= 0.3 is 6.09 Å². The molecule has 4 atom stereocenters. The van der Waals surface area contributed by atoms with E-state index in [4.69, 9.17) is 10.5 Å². The monoisotopic (exact) mass is 888 g/mol. The van der Waals surface area contributed by atoms with E-state index in [-0.39, 0.29) is 38.0 Å². The Bertz CT molecular complexity index is 2380. The summed E-state index contributed by atoms with van der Waals surface area (Å²) in [5.74, 6) is -1.99. The number of likely N-dealkylation sites (tertiary alicyclic amines) is 1. The minimum atomic E-state index is -1.36. The van der Waals surface area contributed by atoms with Crippen LogP contribution in [0.25, 0.3) is 10.8 Å². The highest BCUT2D eigenvalue weighted by Gasteiger charge is 2.53. The second-order valence-corrected chi connectivity index (χ2v) is 19.5. The number of aromatic nitrogens is 3. The number of hydrogen-bond acceptors (Lipinski definition) is 10. The van der Waals surface area contributed by atoms with Gasteiger partial charge in [-0.15, -0.1) is 5.10 Å². The van der Waals surface area contributed by atoms with E-state index in [0.717, 1.165) is 35.6 Å². The Morgan fingerprint density at radius 2 is 1.54 bits per heavy atom. The summed E-state index contributed by atoms with van der Waals surface area (Å²) in [6.07, 6.45) is 8.57. The van der Waals surface area contributed by atoms with Crippen molar-refractivity contribution in [3.63, 3.8) is 0 Å². The molecular weight excluding hydrogens is 829 g/mol. The number of fused-ring (bicyclic) bond motifs is 1. The Kier molecular flexibility index (Phi) is 13.4. The molecule has 65 heavy (non-hydrogen) atoms. The number of carbonyl (C=O) groups is 6. The summed E-state index contributed by atoms with van der Waals surface area (Å²) in [5, 5.41) is 29.8. The van der Waals surface area contributed by atoms with E-state index in [0.29, 0.717) is 48.3 Å². The number of benzene rings is 3. The average Bonchev–Trinajstić information content (AvgIpc) is 3.96. The molecule has 0 spiro atoms. The van der Waals surface area contributed by atoms with Gasteiger partial charge in [0.2, 0.25) is 17.6 Å². The number of alkyl carbamates (subject to hydrolysis) is 1. The van der Waals surface area contributed by atoms with E-state index in [2.05, 4.69) is 26.3 Å². The van der Waals surface area contributed by atoms with Crippen molar-refractivity contribution in [1.29, 1.82) is 0 Å². The van der Waals surface area contributed by atoms with Crippen LogP contribution in [-0.2, 0) is 36.1 Å². The Hall–Kier alpha value is -6.16. The molecule has 1 aromatic heterocycles. The van der Waals surface area contributed by atoms with Gasteiger partial charge in [0.05, 0.1) is 24.0 Å². The number of aliphatic hydroxyl groups is 1. The van der Waals surface area contributed by atoms with Gasteiger partial charge in [-0.05, 0) is 130 Å². The van der Waals surface area contributed by atoms with Crippen molar-refractivity contribution < 1.29 is 38.6 Å². The molecule has 5 amide bonds. The van der Waals surface area contributed by atoms with Crippen LogP contribution in [0, 0.1) is 23.2 Å². The van der Waals surface area contributed by atoms with Crippen molar-refractivity contribution in [2.24, 2.45) is 28.9 Å². The minimum absolute atomic E-state index is 0.00689. The highest BCUT2D eigenvalue weighted by atomic mass is 16.5. The minimum Gasteiger partial charge on any atom is -0.445 e. The molecule has 16 heteroatoms. The van der Waals surface area contributed by atoms with Crippen LogP contribution >= 0.6 is 0 Å². The van der Waals surface area contributed by atoms with Crippen molar-refractivity contribution >= 4 is 46.3 Å². The van der Waals surface area contributed by atoms with E-state index in [1.165, 1.54) is 35.0 Å². The SMILES string of the molecule is CC(C)(O)c1cnnn1[C@H]1C[C@@H](C(=O)NC(CCCCNC(=O)OCc2ccccc2)C(=O)C(N)=O)N(C(=O)C(CC23CC4CC(CC(C4)C2)C3)NC(=O)c2ccc3ccccc3c2)C1. The fourth-order valence-corrected chi connectivity index (χ4v) is 11.5. The van der Waals surface area contributed by atoms with Crippen LogP contribution < -0.4 is 21.7 Å². The van der Waals surface area contributed by atoms with Gasteiger partial charge in [-0.3, -0.25) is 24.0 Å². The van der Waals surface area contributed by atoms with Gasteiger partial charge in [0.15, 0.2) is 0 Å². The Morgan fingerprint density at radius 1 is 0.862 bits per heavy atom. The first-order valence-electron chi connectivity index (χ1n) is 23.0. The summed E-state index contributed by atoms with van der Waals surface area (Å²) >= 11 is 0. The lowest BCUT2D eigenvalue weighted by Crippen LogP contribution is -2.58. The number of ketones is 1.